The van der Waals surface area contributed by atoms with Crippen molar-refractivity contribution >= 4 is 18.4 Å². The lowest BCUT2D eigenvalue weighted by Crippen LogP contribution is -2.33. The lowest BCUT2D eigenvalue weighted by atomic mass is 9.83. The fourth-order valence-corrected chi connectivity index (χ4v) is 1.93. The van der Waals surface area contributed by atoms with Crippen molar-refractivity contribution in [3.63, 3.8) is 0 Å². The molecule has 1 unspecified atom stereocenters. The van der Waals surface area contributed by atoms with Crippen molar-refractivity contribution in [2.24, 2.45) is 11.7 Å². The molecule has 0 aliphatic heterocycles. The Bertz CT molecular complexity index is 158. The summed E-state index contributed by atoms with van der Waals surface area (Å²) < 4.78 is 0. The summed E-state index contributed by atoms with van der Waals surface area (Å²) in [6, 6.07) is -0.122. The predicted octanol–water partition coefficient (Wildman–Crippen LogP) is 1.79. The summed E-state index contributed by atoms with van der Waals surface area (Å²) in [5, 5.41) is 8.53. The average molecular weight is 208 g/mol. The van der Waals surface area contributed by atoms with Gasteiger partial charge in [-0.05, 0) is 18.8 Å². The molecule has 1 fully saturated rings. The summed E-state index contributed by atoms with van der Waals surface area (Å²) >= 11 is 0. The molecule has 78 valence electrons. The summed E-state index contributed by atoms with van der Waals surface area (Å²) in [5.74, 6) is -0.317. The molecule has 3 nitrogen and oxygen atoms in total. The van der Waals surface area contributed by atoms with Gasteiger partial charge in [-0.3, -0.25) is 4.79 Å². The molecule has 0 aromatic carbocycles. The van der Waals surface area contributed by atoms with Gasteiger partial charge in [0.2, 0.25) is 0 Å². The molecule has 0 radical (unpaired) electrons. The smallest absolute Gasteiger partial charge is 0.304 e. The second kappa shape index (κ2) is 6.22. The number of halogens is 1. The van der Waals surface area contributed by atoms with E-state index in [1.54, 1.807) is 0 Å². The second-order valence-electron chi connectivity index (χ2n) is 3.66. The number of nitrogens with two attached hydrogens (primary N) is 1. The Morgan fingerprint density at radius 1 is 1.38 bits per heavy atom. The van der Waals surface area contributed by atoms with E-state index < -0.39 is 5.97 Å². The highest BCUT2D eigenvalue weighted by Crippen LogP contribution is 2.26. The van der Waals surface area contributed by atoms with E-state index in [0.29, 0.717) is 5.92 Å². The van der Waals surface area contributed by atoms with Gasteiger partial charge in [0, 0.05) is 6.04 Å². The van der Waals surface area contributed by atoms with Crippen LogP contribution in [0.5, 0.6) is 0 Å². The maximum absolute atomic E-state index is 10.4. The van der Waals surface area contributed by atoms with E-state index in [9.17, 15) is 4.79 Å². The Labute approximate surface area is 85.1 Å². The monoisotopic (exact) mass is 207 g/mol. The Morgan fingerprint density at radius 3 is 2.38 bits per heavy atom. The lowest BCUT2D eigenvalue weighted by molar-refractivity contribution is -0.137. The van der Waals surface area contributed by atoms with E-state index in [-0.39, 0.29) is 24.9 Å². The molecule has 0 aromatic rings. The predicted molar refractivity (Wildman–Crippen MR) is 54.1 cm³/mol. The van der Waals surface area contributed by atoms with Crippen LogP contribution in [-0.2, 0) is 4.79 Å². The van der Waals surface area contributed by atoms with Gasteiger partial charge in [-0.25, -0.2) is 0 Å². The van der Waals surface area contributed by atoms with Crippen molar-refractivity contribution < 1.29 is 9.90 Å². The minimum Gasteiger partial charge on any atom is -0.481 e. The zero-order chi connectivity index (χ0) is 8.97. The molecule has 0 spiro atoms. The molecule has 3 N–H and O–H groups in total. The van der Waals surface area contributed by atoms with Crippen LogP contribution in [0.15, 0.2) is 0 Å². The van der Waals surface area contributed by atoms with Gasteiger partial charge in [0.15, 0.2) is 0 Å². The van der Waals surface area contributed by atoms with Gasteiger partial charge in [0.05, 0.1) is 6.42 Å². The van der Waals surface area contributed by atoms with Gasteiger partial charge >= 0.3 is 5.97 Å². The highest BCUT2D eigenvalue weighted by Gasteiger charge is 2.21. The molecule has 1 aliphatic rings. The molecule has 1 rings (SSSR count). The Balaban J connectivity index is 0.00000144. The van der Waals surface area contributed by atoms with Crippen molar-refractivity contribution in [2.75, 3.05) is 0 Å². The van der Waals surface area contributed by atoms with Crippen LogP contribution in [0.4, 0.5) is 0 Å². The fraction of sp³-hybridized carbons (Fsp3) is 0.889. The van der Waals surface area contributed by atoms with Crippen molar-refractivity contribution in [2.45, 2.75) is 44.6 Å². The zero-order valence-corrected chi connectivity index (χ0v) is 8.55. The van der Waals surface area contributed by atoms with Crippen LogP contribution in [0.2, 0.25) is 0 Å². The first-order valence-electron chi connectivity index (χ1n) is 4.67. The van der Waals surface area contributed by atoms with E-state index in [1.165, 1.54) is 19.3 Å². The van der Waals surface area contributed by atoms with Gasteiger partial charge in [0.1, 0.15) is 0 Å². The third-order valence-corrected chi connectivity index (χ3v) is 2.67. The first-order valence-corrected chi connectivity index (χ1v) is 4.67. The summed E-state index contributed by atoms with van der Waals surface area (Å²) in [5.41, 5.74) is 5.77. The van der Waals surface area contributed by atoms with E-state index in [0.717, 1.165) is 12.8 Å². The summed E-state index contributed by atoms with van der Waals surface area (Å²) in [4.78, 5) is 10.4. The van der Waals surface area contributed by atoms with Crippen LogP contribution in [0.3, 0.4) is 0 Å². The van der Waals surface area contributed by atoms with E-state index in [1.807, 2.05) is 0 Å². The van der Waals surface area contributed by atoms with Crippen LogP contribution < -0.4 is 5.73 Å². The first-order chi connectivity index (χ1) is 5.70. The molecule has 0 bridgehead atoms. The summed E-state index contributed by atoms with van der Waals surface area (Å²) in [7, 11) is 0. The molecular formula is C9H18ClNO2. The summed E-state index contributed by atoms with van der Waals surface area (Å²) in [6.07, 6.45) is 6.10. The molecule has 1 saturated carbocycles. The third kappa shape index (κ3) is 4.48. The minimum absolute atomic E-state index is 0. The fourth-order valence-electron chi connectivity index (χ4n) is 1.93. The molecule has 13 heavy (non-hydrogen) atoms. The zero-order valence-electron chi connectivity index (χ0n) is 7.74. The van der Waals surface area contributed by atoms with E-state index in [4.69, 9.17) is 10.8 Å². The number of hydrogen-bond donors (Lipinski definition) is 2. The van der Waals surface area contributed by atoms with Gasteiger partial charge in [-0.2, -0.15) is 0 Å². The van der Waals surface area contributed by atoms with Crippen molar-refractivity contribution in [1.82, 2.24) is 0 Å². The second-order valence-corrected chi connectivity index (χ2v) is 3.66. The Hall–Kier alpha value is -0.280. The number of carbonyl (C=O) groups is 1. The van der Waals surface area contributed by atoms with Crippen LogP contribution in [0.25, 0.3) is 0 Å². The molecule has 0 amide bonds. The molecule has 4 heteroatoms. The topological polar surface area (TPSA) is 63.3 Å². The highest BCUT2D eigenvalue weighted by molar-refractivity contribution is 5.85. The largest absolute Gasteiger partial charge is 0.481 e. The Kier molecular flexibility index (Phi) is 6.08. The first kappa shape index (κ1) is 12.7. The molecule has 0 saturated heterocycles. The van der Waals surface area contributed by atoms with Crippen LogP contribution >= 0.6 is 12.4 Å². The van der Waals surface area contributed by atoms with E-state index >= 15 is 0 Å². The molecular weight excluding hydrogens is 190 g/mol. The van der Waals surface area contributed by atoms with Gasteiger partial charge in [-0.1, -0.05) is 19.3 Å². The molecule has 1 atom stereocenters. The molecule has 0 aromatic heterocycles. The third-order valence-electron chi connectivity index (χ3n) is 2.67. The average Bonchev–Trinajstić information content (AvgIpc) is 2.05. The molecule has 0 heterocycles. The van der Waals surface area contributed by atoms with E-state index in [2.05, 4.69) is 0 Å². The summed E-state index contributed by atoms with van der Waals surface area (Å²) in [6.45, 7) is 0. The number of aliphatic carboxylic acids is 1. The van der Waals surface area contributed by atoms with Gasteiger partial charge in [-0.15, -0.1) is 12.4 Å². The normalized spacial score (nSPS) is 20.4. The van der Waals surface area contributed by atoms with Crippen molar-refractivity contribution in [1.29, 1.82) is 0 Å². The molecule has 1 aliphatic carbocycles. The van der Waals surface area contributed by atoms with Crippen LogP contribution in [0, 0.1) is 5.92 Å². The lowest BCUT2D eigenvalue weighted by Gasteiger charge is -2.26. The van der Waals surface area contributed by atoms with Gasteiger partial charge < -0.3 is 10.8 Å². The number of carboxylic acids is 1. The maximum Gasteiger partial charge on any atom is 0.304 e. The minimum atomic E-state index is -0.770. The SMILES string of the molecule is Cl.NC(CC(=O)O)C1CCCCC1. The quantitative estimate of drug-likeness (QED) is 0.742. The van der Waals surface area contributed by atoms with Gasteiger partial charge in [0.25, 0.3) is 0 Å². The van der Waals surface area contributed by atoms with Crippen molar-refractivity contribution in [3.05, 3.63) is 0 Å². The standard InChI is InChI=1S/C9H17NO2.ClH/c10-8(6-9(11)12)7-4-2-1-3-5-7;/h7-8H,1-6,10H2,(H,11,12);1H. The van der Waals surface area contributed by atoms with Crippen LogP contribution in [-0.4, -0.2) is 17.1 Å². The van der Waals surface area contributed by atoms with Crippen LogP contribution in [0.1, 0.15) is 38.5 Å². The number of hydrogen-bond acceptors (Lipinski definition) is 2. The Morgan fingerprint density at radius 2 is 1.92 bits per heavy atom. The highest BCUT2D eigenvalue weighted by atomic mass is 35.5. The maximum atomic E-state index is 10.4. The van der Waals surface area contributed by atoms with Crippen molar-refractivity contribution in [3.8, 4) is 0 Å². The number of carboxylic acid groups (broad SMARTS) is 1. The number of rotatable bonds is 3.